The van der Waals surface area contributed by atoms with Crippen LogP contribution < -0.4 is 5.32 Å². The second-order valence-electron chi connectivity index (χ2n) is 3.40. The summed E-state index contributed by atoms with van der Waals surface area (Å²) < 4.78 is 1.91. The molecule has 2 N–H and O–H groups in total. The van der Waals surface area contributed by atoms with Crippen LogP contribution in [0.2, 0.25) is 0 Å². The number of carbonyl (C=O) groups excluding carboxylic acids is 1. The van der Waals surface area contributed by atoms with Gasteiger partial charge in [0.05, 0.1) is 11.9 Å². The van der Waals surface area contributed by atoms with Gasteiger partial charge in [-0.2, -0.15) is 10.1 Å². The van der Waals surface area contributed by atoms with Gasteiger partial charge in [-0.15, -0.1) is 11.3 Å². The average molecular weight is 260 g/mol. The van der Waals surface area contributed by atoms with E-state index in [1.54, 1.807) is 23.6 Å². The van der Waals surface area contributed by atoms with Gasteiger partial charge >= 0.3 is 0 Å². The number of hydrogen-bond donors (Lipinski definition) is 2. The third-order valence-corrected chi connectivity index (χ3v) is 3.01. The number of rotatable bonds is 3. The van der Waals surface area contributed by atoms with Crippen LogP contribution in [0.3, 0.4) is 0 Å². The monoisotopic (exact) mass is 260 g/mol. The summed E-state index contributed by atoms with van der Waals surface area (Å²) in [4.78, 5) is 20.5. The Kier molecular flexibility index (Phi) is 2.61. The highest BCUT2D eigenvalue weighted by Gasteiger charge is 2.02. The Morgan fingerprint density at radius 2 is 2.44 bits per heavy atom. The topological polar surface area (TPSA) is 88.0 Å². The number of hydrogen-bond acceptors (Lipinski definition) is 5. The molecule has 0 aromatic carbocycles. The van der Waals surface area contributed by atoms with Gasteiger partial charge in [-0.05, 0) is 6.08 Å². The first-order valence-electron chi connectivity index (χ1n) is 5.08. The maximum Gasteiger partial charge on any atom is 0.250 e. The minimum Gasteiger partial charge on any atom is -0.291 e. The smallest absolute Gasteiger partial charge is 0.250 e. The average Bonchev–Trinajstić information content (AvgIpc) is 3.03. The molecule has 0 fully saturated rings. The molecule has 0 atom stereocenters. The largest absolute Gasteiger partial charge is 0.291 e. The number of amides is 1. The van der Waals surface area contributed by atoms with Crippen molar-refractivity contribution in [3.05, 3.63) is 35.9 Å². The molecule has 8 heteroatoms. The Balaban J connectivity index is 1.74. The summed E-state index contributed by atoms with van der Waals surface area (Å²) in [6.07, 6.45) is 8.05. The van der Waals surface area contributed by atoms with E-state index in [9.17, 15) is 4.79 Å². The number of nitrogens with zero attached hydrogens (tertiary/aromatic N) is 4. The highest BCUT2D eigenvalue weighted by atomic mass is 32.1. The summed E-state index contributed by atoms with van der Waals surface area (Å²) in [6.45, 7) is 0. The van der Waals surface area contributed by atoms with Crippen molar-refractivity contribution in [1.82, 2.24) is 24.6 Å². The zero-order valence-electron chi connectivity index (χ0n) is 9.07. The van der Waals surface area contributed by atoms with Gasteiger partial charge in [0, 0.05) is 17.7 Å². The predicted molar refractivity (Wildman–Crippen MR) is 67.1 cm³/mol. The molecule has 0 aliphatic carbocycles. The van der Waals surface area contributed by atoms with Crippen LogP contribution in [0.4, 0.5) is 5.95 Å². The maximum atomic E-state index is 11.6. The zero-order chi connectivity index (χ0) is 12.4. The van der Waals surface area contributed by atoms with Crippen LogP contribution in [-0.2, 0) is 4.79 Å². The second-order valence-corrected chi connectivity index (χ2v) is 4.27. The fourth-order valence-corrected chi connectivity index (χ4v) is 2.15. The molecule has 0 radical (unpaired) electrons. The number of aromatic amines is 1. The third kappa shape index (κ3) is 2.00. The van der Waals surface area contributed by atoms with Crippen LogP contribution in [0, 0.1) is 0 Å². The van der Waals surface area contributed by atoms with Crippen LogP contribution in [-0.4, -0.2) is 30.5 Å². The van der Waals surface area contributed by atoms with E-state index in [0.29, 0.717) is 5.95 Å². The van der Waals surface area contributed by atoms with E-state index < -0.39 is 0 Å². The minimum absolute atomic E-state index is 0.281. The summed E-state index contributed by atoms with van der Waals surface area (Å²) in [6, 6.07) is 0. The van der Waals surface area contributed by atoms with Crippen molar-refractivity contribution in [1.29, 1.82) is 0 Å². The molecule has 3 aromatic rings. The fraction of sp³-hybridized carbons (Fsp3) is 0. The molecule has 0 unspecified atom stereocenters. The van der Waals surface area contributed by atoms with Gasteiger partial charge in [-0.25, -0.2) is 10.1 Å². The zero-order valence-corrected chi connectivity index (χ0v) is 9.89. The molecule has 0 saturated heterocycles. The minimum atomic E-state index is -0.281. The van der Waals surface area contributed by atoms with E-state index in [4.69, 9.17) is 0 Å². The molecule has 18 heavy (non-hydrogen) atoms. The van der Waals surface area contributed by atoms with Crippen LogP contribution in [0.25, 0.3) is 11.0 Å². The van der Waals surface area contributed by atoms with Gasteiger partial charge in [-0.3, -0.25) is 14.5 Å². The van der Waals surface area contributed by atoms with Gasteiger partial charge in [0.2, 0.25) is 5.95 Å². The van der Waals surface area contributed by atoms with Crippen molar-refractivity contribution in [2.45, 2.75) is 0 Å². The molecule has 0 aliphatic heterocycles. The lowest BCUT2D eigenvalue weighted by atomic mass is 10.4. The number of carbonyl (C=O) groups is 1. The van der Waals surface area contributed by atoms with Crippen molar-refractivity contribution >= 4 is 34.2 Å². The van der Waals surface area contributed by atoms with Crippen molar-refractivity contribution in [2.24, 2.45) is 0 Å². The normalized spacial score (nSPS) is 11.3. The molecule has 0 aliphatic rings. The lowest BCUT2D eigenvalue weighted by molar-refractivity contribution is -0.111. The lowest BCUT2D eigenvalue weighted by Gasteiger charge is -1.94. The number of thiazole rings is 1. The van der Waals surface area contributed by atoms with Gasteiger partial charge in [0.25, 0.3) is 5.91 Å². The first-order chi connectivity index (χ1) is 8.83. The van der Waals surface area contributed by atoms with Crippen LogP contribution in [0.5, 0.6) is 0 Å². The van der Waals surface area contributed by atoms with Crippen molar-refractivity contribution in [3.63, 3.8) is 0 Å². The summed E-state index contributed by atoms with van der Waals surface area (Å²) in [7, 11) is 0. The first-order valence-corrected chi connectivity index (χ1v) is 5.96. The molecular formula is C10H8N6OS. The van der Waals surface area contributed by atoms with Gasteiger partial charge in [-0.1, -0.05) is 0 Å². The number of H-pyrrole nitrogens is 1. The van der Waals surface area contributed by atoms with Crippen molar-refractivity contribution < 1.29 is 4.79 Å². The SMILES string of the molecule is O=C(/C=C/c1cnc2sccn12)Nc1ncn[nH]1. The lowest BCUT2D eigenvalue weighted by Crippen LogP contribution is -2.09. The van der Waals surface area contributed by atoms with Crippen LogP contribution in [0.15, 0.2) is 30.2 Å². The van der Waals surface area contributed by atoms with Crippen LogP contribution in [0.1, 0.15) is 5.69 Å². The van der Waals surface area contributed by atoms with E-state index in [-0.39, 0.29) is 5.91 Å². The van der Waals surface area contributed by atoms with Crippen LogP contribution >= 0.6 is 11.3 Å². The van der Waals surface area contributed by atoms with Gasteiger partial charge < -0.3 is 0 Å². The van der Waals surface area contributed by atoms with E-state index in [1.807, 2.05) is 16.0 Å². The highest BCUT2D eigenvalue weighted by molar-refractivity contribution is 7.15. The van der Waals surface area contributed by atoms with E-state index >= 15 is 0 Å². The molecule has 7 nitrogen and oxygen atoms in total. The Morgan fingerprint density at radius 3 is 3.28 bits per heavy atom. The van der Waals surface area contributed by atoms with E-state index in [0.717, 1.165) is 10.7 Å². The van der Waals surface area contributed by atoms with Gasteiger partial charge in [0.1, 0.15) is 6.33 Å². The number of nitrogens with one attached hydrogen (secondary N) is 2. The molecule has 90 valence electrons. The van der Waals surface area contributed by atoms with Crippen molar-refractivity contribution in [3.8, 4) is 0 Å². The predicted octanol–water partition coefficient (Wildman–Crippen LogP) is 1.17. The fourth-order valence-electron chi connectivity index (χ4n) is 1.45. The highest BCUT2D eigenvalue weighted by Crippen LogP contribution is 2.13. The first kappa shape index (κ1) is 10.7. The summed E-state index contributed by atoms with van der Waals surface area (Å²) in [5, 5.41) is 10.7. The molecule has 1 amide bonds. The third-order valence-electron chi connectivity index (χ3n) is 2.24. The number of aromatic nitrogens is 5. The number of anilines is 1. The standard InChI is InChI=1S/C10H8N6OS/c17-8(14-9-12-6-13-15-9)2-1-7-5-11-10-16(7)3-4-18-10/h1-6H,(H2,12,13,14,15,17)/b2-1+. The van der Waals surface area contributed by atoms with E-state index in [2.05, 4.69) is 25.5 Å². The Hall–Kier alpha value is -2.48. The Bertz CT molecular complexity index is 695. The molecular weight excluding hydrogens is 252 g/mol. The van der Waals surface area contributed by atoms with Crippen molar-refractivity contribution in [2.75, 3.05) is 5.32 Å². The summed E-state index contributed by atoms with van der Waals surface area (Å²) >= 11 is 1.54. The number of imidazole rings is 1. The Labute approximate surface area is 105 Å². The molecule has 0 saturated carbocycles. The summed E-state index contributed by atoms with van der Waals surface area (Å²) in [5.74, 6) is 0.0375. The molecule has 3 aromatic heterocycles. The molecule has 3 heterocycles. The summed E-state index contributed by atoms with van der Waals surface area (Å²) in [5.41, 5.74) is 0.846. The maximum absolute atomic E-state index is 11.6. The molecule has 3 rings (SSSR count). The van der Waals surface area contributed by atoms with E-state index in [1.165, 1.54) is 12.4 Å². The molecule has 0 bridgehead atoms. The number of fused-ring (bicyclic) bond motifs is 1. The van der Waals surface area contributed by atoms with Gasteiger partial charge in [0.15, 0.2) is 4.96 Å². The Morgan fingerprint density at radius 1 is 1.50 bits per heavy atom. The second kappa shape index (κ2) is 4.41. The molecule has 0 spiro atoms. The quantitative estimate of drug-likeness (QED) is 0.692.